The number of fused-ring (bicyclic) bond motifs is 1. The van der Waals surface area contributed by atoms with Crippen molar-refractivity contribution in [3.63, 3.8) is 0 Å². The summed E-state index contributed by atoms with van der Waals surface area (Å²) in [5, 5.41) is 12.0. The average molecular weight is 528 g/mol. The van der Waals surface area contributed by atoms with Crippen molar-refractivity contribution in [2.45, 2.75) is 19.8 Å². The van der Waals surface area contributed by atoms with E-state index in [1.807, 2.05) is 61.5 Å². The van der Waals surface area contributed by atoms with Gasteiger partial charge in [-0.1, -0.05) is 36.4 Å². The third-order valence-electron chi connectivity index (χ3n) is 7.17. The smallest absolute Gasteiger partial charge is 0.256 e. The zero-order chi connectivity index (χ0) is 27.5. The molecule has 1 aliphatic rings. The topological polar surface area (TPSA) is 84.4 Å². The largest absolute Gasteiger partial charge is 0.496 e. The maximum absolute atomic E-state index is 14.0. The first-order valence-electron chi connectivity index (χ1n) is 12.9. The number of aromatic nitrogens is 1. The van der Waals surface area contributed by atoms with E-state index in [-0.39, 0.29) is 5.91 Å². The van der Waals surface area contributed by atoms with E-state index >= 15 is 0 Å². The van der Waals surface area contributed by atoms with E-state index in [1.165, 1.54) is 0 Å². The number of hydrogen-bond acceptors (Lipinski definition) is 7. The van der Waals surface area contributed by atoms with Crippen LogP contribution in [0.3, 0.4) is 0 Å². The molecule has 4 aromatic rings. The predicted octanol–water partition coefficient (Wildman–Crippen LogP) is 4.65. The maximum atomic E-state index is 14.0. The minimum absolute atomic E-state index is 0.163. The van der Waals surface area contributed by atoms with E-state index in [0.717, 1.165) is 44.5 Å². The van der Waals surface area contributed by atoms with E-state index in [9.17, 15) is 9.90 Å². The molecule has 1 atom stereocenters. The Kier molecular flexibility index (Phi) is 7.67. The Morgan fingerprint density at radius 3 is 2.67 bits per heavy atom. The maximum Gasteiger partial charge on any atom is 0.256 e. The molecule has 0 bridgehead atoms. The van der Waals surface area contributed by atoms with E-state index < -0.39 is 6.29 Å². The van der Waals surface area contributed by atoms with Crippen LogP contribution in [0.4, 0.5) is 5.69 Å². The fourth-order valence-corrected chi connectivity index (χ4v) is 5.33. The molecule has 0 saturated carbocycles. The van der Waals surface area contributed by atoms with Gasteiger partial charge in [-0.05, 0) is 36.2 Å². The van der Waals surface area contributed by atoms with Gasteiger partial charge in [0.25, 0.3) is 5.91 Å². The van der Waals surface area contributed by atoms with Gasteiger partial charge in [0.05, 0.1) is 32.9 Å². The Hall–Kier alpha value is -4.14. The number of pyridine rings is 1. The molecule has 202 valence electrons. The number of anilines is 1. The second kappa shape index (κ2) is 11.3. The van der Waals surface area contributed by atoms with Gasteiger partial charge in [0.2, 0.25) is 0 Å². The first kappa shape index (κ1) is 26.5. The molecule has 39 heavy (non-hydrogen) atoms. The molecule has 1 fully saturated rings. The summed E-state index contributed by atoms with van der Waals surface area (Å²) in [5.74, 6) is 1.27. The number of β-amino-alcohol motifs (C(OH)–C–C–N with tert-alkyl or cyclic N) is 1. The van der Waals surface area contributed by atoms with Crippen LogP contribution in [0.2, 0.25) is 0 Å². The molecule has 2 heterocycles. The first-order chi connectivity index (χ1) is 18.9. The van der Waals surface area contributed by atoms with Crippen LogP contribution in [-0.2, 0) is 11.3 Å². The molecular formula is C31H33N3O5. The number of aryl methyl sites for hydroxylation is 1. The number of nitrogens with zero attached hydrogens (tertiary/aromatic N) is 3. The lowest BCUT2D eigenvalue weighted by atomic mass is 9.94. The van der Waals surface area contributed by atoms with Crippen molar-refractivity contribution < 1.29 is 24.1 Å². The summed E-state index contributed by atoms with van der Waals surface area (Å²) in [4.78, 5) is 22.0. The Bertz CT molecular complexity index is 1510. The number of benzene rings is 3. The van der Waals surface area contributed by atoms with Crippen LogP contribution < -0.4 is 14.4 Å². The number of carbonyl (C=O) groups is 1. The van der Waals surface area contributed by atoms with Crippen LogP contribution in [-0.4, -0.2) is 68.2 Å². The Morgan fingerprint density at radius 1 is 1.13 bits per heavy atom. The Balaban J connectivity index is 1.52. The van der Waals surface area contributed by atoms with Crippen molar-refractivity contribution >= 4 is 22.4 Å². The molecule has 1 amide bonds. The Morgan fingerprint density at radius 2 is 1.92 bits per heavy atom. The number of hydrogen-bond donors (Lipinski definition) is 1. The summed E-state index contributed by atoms with van der Waals surface area (Å²) in [6, 6.07) is 17.7. The second-order valence-electron chi connectivity index (χ2n) is 9.64. The lowest BCUT2D eigenvalue weighted by Crippen LogP contribution is -2.42. The van der Waals surface area contributed by atoms with Crippen molar-refractivity contribution in [1.82, 2.24) is 9.88 Å². The van der Waals surface area contributed by atoms with Crippen molar-refractivity contribution in [1.29, 1.82) is 0 Å². The Labute approximate surface area is 228 Å². The fraction of sp³-hybridized carbons (Fsp3) is 0.290. The van der Waals surface area contributed by atoms with Crippen LogP contribution in [0.1, 0.15) is 21.5 Å². The number of aliphatic hydroxyl groups excluding tert-OH is 1. The minimum Gasteiger partial charge on any atom is -0.496 e. The van der Waals surface area contributed by atoms with Crippen molar-refractivity contribution in [2.24, 2.45) is 0 Å². The standard InChI is InChI=1S/C31H33N3O5/c1-20-8-7-11-26(34-14-15-39-28(35)19-34)29(20)23-12-13-32-17-25(23)31(36)33(2)18-21-16-27(37-3)22-9-5-6-10-24(22)30(21)38-4/h5-13,16-17,28,35H,14-15,18-19H2,1-4H3. The van der Waals surface area contributed by atoms with Crippen molar-refractivity contribution in [3.8, 4) is 22.6 Å². The number of rotatable bonds is 7. The highest BCUT2D eigenvalue weighted by atomic mass is 16.6. The van der Waals surface area contributed by atoms with Gasteiger partial charge >= 0.3 is 0 Å². The van der Waals surface area contributed by atoms with E-state index in [1.54, 1.807) is 38.6 Å². The first-order valence-corrected chi connectivity index (χ1v) is 12.9. The molecule has 8 heteroatoms. The number of methoxy groups -OCH3 is 2. The molecule has 1 aliphatic heterocycles. The molecule has 3 aromatic carbocycles. The number of amides is 1. The summed E-state index contributed by atoms with van der Waals surface area (Å²) >= 11 is 0. The molecule has 5 rings (SSSR count). The quantitative estimate of drug-likeness (QED) is 0.374. The van der Waals surface area contributed by atoms with Gasteiger partial charge in [0, 0.05) is 60.1 Å². The highest BCUT2D eigenvalue weighted by molar-refractivity contribution is 6.03. The predicted molar refractivity (Wildman–Crippen MR) is 151 cm³/mol. The lowest BCUT2D eigenvalue weighted by Gasteiger charge is -2.34. The van der Waals surface area contributed by atoms with Gasteiger partial charge in [0.15, 0.2) is 6.29 Å². The monoisotopic (exact) mass is 527 g/mol. The van der Waals surface area contributed by atoms with Crippen LogP contribution in [0.5, 0.6) is 11.5 Å². The summed E-state index contributed by atoms with van der Waals surface area (Å²) < 4.78 is 16.8. The highest BCUT2D eigenvalue weighted by Crippen LogP contribution is 2.39. The summed E-state index contributed by atoms with van der Waals surface area (Å²) in [7, 11) is 5.06. The summed E-state index contributed by atoms with van der Waals surface area (Å²) in [6.45, 7) is 3.77. The van der Waals surface area contributed by atoms with Gasteiger partial charge in [0.1, 0.15) is 11.5 Å². The third-order valence-corrected chi connectivity index (χ3v) is 7.17. The van der Waals surface area contributed by atoms with Crippen LogP contribution in [0, 0.1) is 6.92 Å². The second-order valence-corrected chi connectivity index (χ2v) is 9.64. The van der Waals surface area contributed by atoms with E-state index in [0.29, 0.717) is 37.6 Å². The van der Waals surface area contributed by atoms with Crippen molar-refractivity contribution in [3.05, 3.63) is 83.7 Å². The zero-order valence-corrected chi connectivity index (χ0v) is 22.7. The number of aliphatic hydroxyl groups is 1. The van der Waals surface area contributed by atoms with Crippen LogP contribution in [0.25, 0.3) is 21.9 Å². The number of carbonyl (C=O) groups excluding carboxylic acids is 1. The molecule has 1 N–H and O–H groups in total. The molecule has 0 spiro atoms. The van der Waals surface area contributed by atoms with Gasteiger partial charge in [-0.3, -0.25) is 9.78 Å². The zero-order valence-electron chi connectivity index (χ0n) is 22.7. The van der Waals surface area contributed by atoms with Gasteiger partial charge in [-0.2, -0.15) is 0 Å². The molecule has 1 saturated heterocycles. The molecule has 1 unspecified atom stereocenters. The SMILES string of the molecule is COc1cc(CN(C)C(=O)c2cnccc2-c2c(C)cccc2N2CCOC(O)C2)c(OC)c2ccccc12. The van der Waals surface area contributed by atoms with Gasteiger partial charge in [-0.15, -0.1) is 0 Å². The minimum atomic E-state index is -0.856. The van der Waals surface area contributed by atoms with Gasteiger partial charge < -0.3 is 29.1 Å². The molecule has 0 radical (unpaired) electrons. The summed E-state index contributed by atoms with van der Waals surface area (Å²) in [6.07, 6.45) is 2.47. The summed E-state index contributed by atoms with van der Waals surface area (Å²) in [5.41, 5.74) is 5.04. The number of ether oxygens (including phenoxy) is 3. The van der Waals surface area contributed by atoms with E-state index in [4.69, 9.17) is 14.2 Å². The molecule has 1 aromatic heterocycles. The van der Waals surface area contributed by atoms with E-state index in [2.05, 4.69) is 9.88 Å². The third kappa shape index (κ3) is 5.13. The normalized spacial score (nSPS) is 15.3. The molecule has 0 aliphatic carbocycles. The fourth-order valence-electron chi connectivity index (χ4n) is 5.33. The number of morpholine rings is 1. The molecule has 8 nitrogen and oxygen atoms in total. The highest BCUT2D eigenvalue weighted by Gasteiger charge is 2.26. The van der Waals surface area contributed by atoms with Crippen molar-refractivity contribution in [2.75, 3.05) is 45.9 Å². The average Bonchev–Trinajstić information content (AvgIpc) is 2.96. The lowest BCUT2D eigenvalue weighted by molar-refractivity contribution is -0.104. The van der Waals surface area contributed by atoms with Crippen LogP contribution in [0.15, 0.2) is 67.0 Å². The van der Waals surface area contributed by atoms with Gasteiger partial charge in [-0.25, -0.2) is 0 Å². The molecular weight excluding hydrogens is 494 g/mol. The van der Waals surface area contributed by atoms with Crippen LogP contribution >= 0.6 is 0 Å².